The predicted octanol–water partition coefficient (Wildman–Crippen LogP) is 2.15. The minimum absolute atomic E-state index is 0.579. The quantitative estimate of drug-likeness (QED) is 0.775. The summed E-state index contributed by atoms with van der Waals surface area (Å²) in [4.78, 5) is 0. The maximum atomic E-state index is 5.64. The van der Waals surface area contributed by atoms with Crippen LogP contribution in [-0.2, 0) is 6.42 Å². The van der Waals surface area contributed by atoms with E-state index in [-0.39, 0.29) is 0 Å². The second kappa shape index (κ2) is 6.18. The first-order valence-corrected chi connectivity index (χ1v) is 5.29. The highest BCUT2D eigenvalue weighted by atomic mass is 16.5. The Bertz CT molecular complexity index is 350. The van der Waals surface area contributed by atoms with E-state index in [1.165, 1.54) is 5.57 Å². The molecule has 0 aromatic heterocycles. The maximum Gasteiger partial charge on any atom is 0.122 e. The van der Waals surface area contributed by atoms with Crippen LogP contribution in [-0.4, -0.2) is 20.8 Å². The van der Waals surface area contributed by atoms with E-state index in [0.717, 1.165) is 23.5 Å². The van der Waals surface area contributed by atoms with E-state index >= 15 is 0 Å². The molecular weight excluding hydrogens is 202 g/mol. The summed E-state index contributed by atoms with van der Waals surface area (Å²) >= 11 is 0. The lowest BCUT2D eigenvalue weighted by atomic mass is 10.0. The summed E-state index contributed by atoms with van der Waals surface area (Å²) in [7, 11) is 3.30. The zero-order valence-electron chi connectivity index (χ0n) is 10.1. The van der Waals surface area contributed by atoms with Crippen molar-refractivity contribution in [3.63, 3.8) is 0 Å². The van der Waals surface area contributed by atoms with E-state index < -0.39 is 0 Å². The SMILES string of the molecule is C/C=C(\CN)Cc1cc(OC)cc(OC)c1. The summed E-state index contributed by atoms with van der Waals surface area (Å²) in [5, 5.41) is 0. The third-order valence-corrected chi connectivity index (χ3v) is 2.51. The molecule has 0 aliphatic carbocycles. The fourth-order valence-electron chi connectivity index (χ4n) is 1.52. The third kappa shape index (κ3) is 3.28. The number of ether oxygens (including phenoxy) is 2. The van der Waals surface area contributed by atoms with E-state index in [1.807, 2.05) is 31.2 Å². The molecule has 0 radical (unpaired) electrons. The van der Waals surface area contributed by atoms with Crippen molar-refractivity contribution >= 4 is 0 Å². The van der Waals surface area contributed by atoms with Crippen LogP contribution in [0.1, 0.15) is 12.5 Å². The van der Waals surface area contributed by atoms with Crippen LogP contribution in [0.4, 0.5) is 0 Å². The van der Waals surface area contributed by atoms with Gasteiger partial charge in [-0.05, 0) is 31.0 Å². The van der Waals surface area contributed by atoms with E-state index in [0.29, 0.717) is 6.54 Å². The van der Waals surface area contributed by atoms with Crippen molar-refractivity contribution in [2.24, 2.45) is 5.73 Å². The van der Waals surface area contributed by atoms with Crippen molar-refractivity contribution in [2.45, 2.75) is 13.3 Å². The topological polar surface area (TPSA) is 44.5 Å². The molecule has 0 heterocycles. The number of allylic oxidation sites excluding steroid dienone is 1. The van der Waals surface area contributed by atoms with Gasteiger partial charge >= 0.3 is 0 Å². The Hall–Kier alpha value is -1.48. The van der Waals surface area contributed by atoms with Crippen LogP contribution in [0.25, 0.3) is 0 Å². The van der Waals surface area contributed by atoms with Crippen molar-refractivity contribution in [3.05, 3.63) is 35.4 Å². The first-order chi connectivity index (χ1) is 7.73. The van der Waals surface area contributed by atoms with Gasteiger partial charge in [-0.2, -0.15) is 0 Å². The van der Waals surface area contributed by atoms with E-state index in [2.05, 4.69) is 0 Å². The van der Waals surface area contributed by atoms with Crippen molar-refractivity contribution in [3.8, 4) is 11.5 Å². The average Bonchev–Trinajstić information content (AvgIpc) is 2.35. The second-order valence-electron chi connectivity index (χ2n) is 3.55. The normalized spacial score (nSPS) is 11.4. The van der Waals surface area contributed by atoms with E-state index in [1.54, 1.807) is 14.2 Å². The fourth-order valence-corrected chi connectivity index (χ4v) is 1.52. The maximum absolute atomic E-state index is 5.64. The van der Waals surface area contributed by atoms with Crippen LogP contribution in [0.3, 0.4) is 0 Å². The van der Waals surface area contributed by atoms with Crippen molar-refractivity contribution in [2.75, 3.05) is 20.8 Å². The van der Waals surface area contributed by atoms with Gasteiger partial charge in [0.2, 0.25) is 0 Å². The van der Waals surface area contributed by atoms with Gasteiger partial charge in [-0.25, -0.2) is 0 Å². The van der Waals surface area contributed by atoms with E-state index in [4.69, 9.17) is 15.2 Å². The molecular formula is C13H19NO2. The van der Waals surface area contributed by atoms with Gasteiger partial charge in [0.1, 0.15) is 11.5 Å². The Kier molecular flexibility index (Phi) is 4.86. The standard InChI is InChI=1S/C13H19NO2/c1-4-10(9-14)5-11-6-12(15-2)8-13(7-11)16-3/h4,6-8H,5,9,14H2,1-3H3/b10-4-. The van der Waals surface area contributed by atoms with Gasteiger partial charge in [0, 0.05) is 12.6 Å². The molecule has 0 aliphatic rings. The molecule has 0 unspecified atom stereocenters. The first-order valence-electron chi connectivity index (χ1n) is 5.29. The Morgan fingerprint density at radius 1 is 1.19 bits per heavy atom. The molecule has 88 valence electrons. The summed E-state index contributed by atoms with van der Waals surface area (Å²) in [6, 6.07) is 5.87. The molecule has 0 spiro atoms. The van der Waals surface area contributed by atoms with Gasteiger partial charge in [-0.1, -0.05) is 11.6 Å². The highest BCUT2D eigenvalue weighted by Gasteiger charge is 2.03. The molecule has 0 bridgehead atoms. The van der Waals surface area contributed by atoms with Gasteiger partial charge in [0.25, 0.3) is 0 Å². The number of hydrogen-bond donors (Lipinski definition) is 1. The molecule has 0 saturated heterocycles. The average molecular weight is 221 g/mol. The molecule has 0 fully saturated rings. The zero-order chi connectivity index (χ0) is 12.0. The molecule has 1 rings (SSSR count). The Labute approximate surface area is 96.9 Å². The summed E-state index contributed by atoms with van der Waals surface area (Å²) in [5.74, 6) is 1.61. The molecule has 0 amide bonds. The Morgan fingerprint density at radius 2 is 1.75 bits per heavy atom. The van der Waals surface area contributed by atoms with Crippen LogP contribution in [0.5, 0.6) is 11.5 Å². The van der Waals surface area contributed by atoms with E-state index in [9.17, 15) is 0 Å². The van der Waals surface area contributed by atoms with Crippen LogP contribution in [0.15, 0.2) is 29.8 Å². The highest BCUT2D eigenvalue weighted by molar-refractivity contribution is 5.40. The molecule has 1 aromatic carbocycles. The molecule has 3 nitrogen and oxygen atoms in total. The highest BCUT2D eigenvalue weighted by Crippen LogP contribution is 2.23. The monoisotopic (exact) mass is 221 g/mol. The lowest BCUT2D eigenvalue weighted by Crippen LogP contribution is -2.05. The summed E-state index contributed by atoms with van der Waals surface area (Å²) < 4.78 is 10.4. The van der Waals surface area contributed by atoms with Gasteiger partial charge in [0.15, 0.2) is 0 Å². The Morgan fingerprint density at radius 3 is 2.12 bits per heavy atom. The minimum atomic E-state index is 0.579. The molecule has 0 aliphatic heterocycles. The second-order valence-corrected chi connectivity index (χ2v) is 3.55. The van der Waals surface area contributed by atoms with Gasteiger partial charge < -0.3 is 15.2 Å². The predicted molar refractivity (Wildman–Crippen MR) is 66.1 cm³/mol. The van der Waals surface area contributed by atoms with Gasteiger partial charge in [-0.3, -0.25) is 0 Å². The third-order valence-electron chi connectivity index (χ3n) is 2.51. The van der Waals surface area contributed by atoms with Crippen molar-refractivity contribution in [1.82, 2.24) is 0 Å². The molecule has 0 saturated carbocycles. The number of nitrogens with two attached hydrogens (primary N) is 1. The minimum Gasteiger partial charge on any atom is -0.497 e. The van der Waals surface area contributed by atoms with Gasteiger partial charge in [0.05, 0.1) is 14.2 Å². The van der Waals surface area contributed by atoms with Crippen molar-refractivity contribution in [1.29, 1.82) is 0 Å². The largest absolute Gasteiger partial charge is 0.497 e. The first kappa shape index (κ1) is 12.6. The number of rotatable bonds is 5. The number of benzene rings is 1. The molecule has 1 aromatic rings. The molecule has 16 heavy (non-hydrogen) atoms. The fraction of sp³-hybridized carbons (Fsp3) is 0.385. The number of methoxy groups -OCH3 is 2. The lowest BCUT2D eigenvalue weighted by Gasteiger charge is -2.09. The van der Waals surface area contributed by atoms with Crippen LogP contribution < -0.4 is 15.2 Å². The summed E-state index contributed by atoms with van der Waals surface area (Å²) in [6.07, 6.45) is 2.88. The smallest absolute Gasteiger partial charge is 0.122 e. The van der Waals surface area contributed by atoms with Crippen molar-refractivity contribution < 1.29 is 9.47 Å². The Balaban J connectivity index is 2.94. The molecule has 3 heteroatoms. The zero-order valence-corrected chi connectivity index (χ0v) is 10.1. The lowest BCUT2D eigenvalue weighted by molar-refractivity contribution is 0.393. The van der Waals surface area contributed by atoms with Gasteiger partial charge in [-0.15, -0.1) is 0 Å². The van der Waals surface area contributed by atoms with Crippen LogP contribution in [0.2, 0.25) is 0 Å². The number of hydrogen-bond acceptors (Lipinski definition) is 3. The molecule has 0 atom stereocenters. The summed E-state index contributed by atoms with van der Waals surface area (Å²) in [5.41, 5.74) is 7.99. The summed E-state index contributed by atoms with van der Waals surface area (Å²) in [6.45, 7) is 2.58. The van der Waals surface area contributed by atoms with Crippen LogP contribution >= 0.6 is 0 Å². The van der Waals surface area contributed by atoms with Crippen LogP contribution in [0, 0.1) is 0 Å². The molecule has 2 N–H and O–H groups in total.